The van der Waals surface area contributed by atoms with Gasteiger partial charge in [-0.05, 0) is 34.5 Å². The summed E-state index contributed by atoms with van der Waals surface area (Å²) in [6.45, 7) is 4.33. The molecule has 0 saturated heterocycles. The van der Waals surface area contributed by atoms with Gasteiger partial charge in [-0.2, -0.15) is 0 Å². The minimum absolute atomic E-state index is 0.119. The molecule has 0 aliphatic carbocycles. The molecule has 3 N–H and O–H groups in total. The van der Waals surface area contributed by atoms with Crippen molar-refractivity contribution in [2.75, 3.05) is 0 Å². The molecular weight excluding hydrogens is 272 g/mol. The highest BCUT2D eigenvalue weighted by molar-refractivity contribution is 9.10. The molecular formula is C11H15BrN2S. The van der Waals surface area contributed by atoms with Crippen LogP contribution in [-0.4, -0.2) is 11.1 Å². The van der Waals surface area contributed by atoms with Gasteiger partial charge in [0.15, 0.2) is 0 Å². The van der Waals surface area contributed by atoms with Crippen molar-refractivity contribution in [1.29, 1.82) is 5.41 Å². The van der Waals surface area contributed by atoms with E-state index in [2.05, 4.69) is 29.8 Å². The third kappa shape index (κ3) is 3.24. The zero-order valence-electron chi connectivity index (χ0n) is 8.88. The summed E-state index contributed by atoms with van der Waals surface area (Å²) in [6, 6.07) is 5.90. The summed E-state index contributed by atoms with van der Waals surface area (Å²) in [5.41, 5.74) is 6.38. The fourth-order valence-corrected chi connectivity index (χ4v) is 2.97. The number of nitrogen functional groups attached to an aromatic ring is 1. The Balaban J connectivity index is 3.06. The van der Waals surface area contributed by atoms with E-state index in [1.165, 1.54) is 0 Å². The molecule has 2 nitrogen and oxygen atoms in total. The van der Waals surface area contributed by atoms with Crippen LogP contribution >= 0.6 is 27.7 Å². The van der Waals surface area contributed by atoms with E-state index in [4.69, 9.17) is 11.1 Å². The lowest BCUT2D eigenvalue weighted by Gasteiger charge is -2.13. The molecule has 82 valence electrons. The average Bonchev–Trinajstić information content (AvgIpc) is 2.17. The first kappa shape index (κ1) is 12.6. The molecule has 0 amide bonds. The molecule has 0 aliphatic heterocycles. The maximum Gasteiger partial charge on any atom is 0.125 e. The van der Waals surface area contributed by atoms with Gasteiger partial charge in [-0.3, -0.25) is 5.41 Å². The predicted octanol–water partition coefficient (Wildman–Crippen LogP) is 3.62. The molecule has 0 aromatic heterocycles. The summed E-state index contributed by atoms with van der Waals surface area (Å²) in [7, 11) is 0. The highest BCUT2D eigenvalue weighted by atomic mass is 79.9. The minimum atomic E-state index is 0.119. The SMILES string of the molecule is CCC(C)Sc1cccc(Br)c1C(=N)N. The molecule has 0 spiro atoms. The van der Waals surface area contributed by atoms with Gasteiger partial charge >= 0.3 is 0 Å². The van der Waals surface area contributed by atoms with Gasteiger partial charge in [0, 0.05) is 20.2 Å². The van der Waals surface area contributed by atoms with Gasteiger partial charge in [-0.15, -0.1) is 11.8 Å². The van der Waals surface area contributed by atoms with Crippen LogP contribution < -0.4 is 5.73 Å². The number of nitrogens with one attached hydrogen (secondary N) is 1. The maximum absolute atomic E-state index is 7.55. The van der Waals surface area contributed by atoms with Crippen molar-refractivity contribution in [2.45, 2.75) is 30.4 Å². The van der Waals surface area contributed by atoms with Crippen LogP contribution in [0.5, 0.6) is 0 Å². The van der Waals surface area contributed by atoms with Gasteiger partial charge in [-0.1, -0.05) is 19.9 Å². The molecule has 0 fully saturated rings. The number of thioether (sulfide) groups is 1. The van der Waals surface area contributed by atoms with Crippen molar-refractivity contribution < 1.29 is 0 Å². The van der Waals surface area contributed by atoms with E-state index in [9.17, 15) is 0 Å². The van der Waals surface area contributed by atoms with Crippen molar-refractivity contribution >= 4 is 33.5 Å². The molecule has 15 heavy (non-hydrogen) atoms. The molecule has 1 unspecified atom stereocenters. The number of rotatable bonds is 4. The molecule has 0 radical (unpaired) electrons. The van der Waals surface area contributed by atoms with E-state index in [1.54, 1.807) is 11.8 Å². The summed E-state index contributed by atoms with van der Waals surface area (Å²) in [5, 5.41) is 8.09. The number of hydrogen-bond donors (Lipinski definition) is 2. The topological polar surface area (TPSA) is 49.9 Å². The first-order chi connectivity index (χ1) is 7.06. The third-order valence-electron chi connectivity index (χ3n) is 2.15. The molecule has 0 heterocycles. The van der Waals surface area contributed by atoms with Crippen LogP contribution in [0.2, 0.25) is 0 Å². The highest BCUT2D eigenvalue weighted by Crippen LogP contribution is 2.31. The Kier molecular flexibility index (Phi) is 4.67. The first-order valence-electron chi connectivity index (χ1n) is 4.85. The van der Waals surface area contributed by atoms with E-state index in [0.717, 1.165) is 21.4 Å². The number of nitrogens with two attached hydrogens (primary N) is 1. The van der Waals surface area contributed by atoms with E-state index < -0.39 is 0 Å². The fourth-order valence-electron chi connectivity index (χ4n) is 1.16. The second-order valence-corrected chi connectivity index (χ2v) is 5.70. The van der Waals surface area contributed by atoms with Gasteiger partial charge in [0.1, 0.15) is 5.84 Å². The minimum Gasteiger partial charge on any atom is -0.384 e. The van der Waals surface area contributed by atoms with Gasteiger partial charge in [0.2, 0.25) is 0 Å². The molecule has 0 bridgehead atoms. The Labute approximate surface area is 103 Å². The number of halogens is 1. The first-order valence-corrected chi connectivity index (χ1v) is 6.53. The molecule has 0 saturated carbocycles. The largest absolute Gasteiger partial charge is 0.384 e. The van der Waals surface area contributed by atoms with Gasteiger partial charge in [-0.25, -0.2) is 0 Å². The van der Waals surface area contributed by atoms with Crippen LogP contribution in [0.3, 0.4) is 0 Å². The highest BCUT2D eigenvalue weighted by Gasteiger charge is 2.11. The number of benzene rings is 1. The predicted molar refractivity (Wildman–Crippen MR) is 70.8 cm³/mol. The summed E-state index contributed by atoms with van der Waals surface area (Å²) < 4.78 is 0.892. The van der Waals surface area contributed by atoms with E-state index in [0.29, 0.717) is 5.25 Å². The summed E-state index contributed by atoms with van der Waals surface area (Å²) in [5.74, 6) is 0.119. The normalized spacial score (nSPS) is 12.5. The van der Waals surface area contributed by atoms with E-state index in [1.807, 2.05) is 18.2 Å². The second kappa shape index (κ2) is 5.56. The number of amidine groups is 1. The molecule has 4 heteroatoms. The van der Waals surface area contributed by atoms with Crippen LogP contribution in [0.4, 0.5) is 0 Å². The van der Waals surface area contributed by atoms with Crippen molar-refractivity contribution in [1.82, 2.24) is 0 Å². The molecule has 1 aromatic rings. The van der Waals surface area contributed by atoms with Crippen molar-refractivity contribution in [3.05, 3.63) is 28.2 Å². The molecule has 1 atom stereocenters. The molecule has 1 aromatic carbocycles. The van der Waals surface area contributed by atoms with E-state index in [-0.39, 0.29) is 5.84 Å². The zero-order chi connectivity index (χ0) is 11.4. The Morgan fingerprint density at radius 1 is 1.60 bits per heavy atom. The summed E-state index contributed by atoms with van der Waals surface area (Å²) >= 11 is 5.19. The monoisotopic (exact) mass is 286 g/mol. The Morgan fingerprint density at radius 2 is 2.27 bits per heavy atom. The van der Waals surface area contributed by atoms with Crippen molar-refractivity contribution in [2.24, 2.45) is 5.73 Å². The molecule has 1 rings (SSSR count). The van der Waals surface area contributed by atoms with Crippen LogP contribution in [0.25, 0.3) is 0 Å². The van der Waals surface area contributed by atoms with Crippen LogP contribution in [-0.2, 0) is 0 Å². The molecule has 0 aliphatic rings. The second-order valence-electron chi connectivity index (χ2n) is 3.36. The standard InChI is InChI=1S/C11H15BrN2S/c1-3-7(2)15-9-6-4-5-8(12)10(9)11(13)14/h4-7H,3H2,1-2H3,(H3,13,14). The number of hydrogen-bond acceptors (Lipinski definition) is 2. The summed E-state index contributed by atoms with van der Waals surface area (Å²) in [4.78, 5) is 1.08. The summed E-state index contributed by atoms with van der Waals surface area (Å²) in [6.07, 6.45) is 1.11. The lowest BCUT2D eigenvalue weighted by molar-refractivity contribution is 0.905. The zero-order valence-corrected chi connectivity index (χ0v) is 11.3. The van der Waals surface area contributed by atoms with Gasteiger partial charge in [0.05, 0.1) is 0 Å². The van der Waals surface area contributed by atoms with Crippen LogP contribution in [0.15, 0.2) is 27.6 Å². The average molecular weight is 287 g/mol. The Morgan fingerprint density at radius 3 is 2.80 bits per heavy atom. The fraction of sp³-hybridized carbons (Fsp3) is 0.364. The Hall–Kier alpha value is -0.480. The lowest BCUT2D eigenvalue weighted by Crippen LogP contribution is -2.13. The smallest absolute Gasteiger partial charge is 0.125 e. The van der Waals surface area contributed by atoms with Crippen molar-refractivity contribution in [3.63, 3.8) is 0 Å². The maximum atomic E-state index is 7.55. The van der Waals surface area contributed by atoms with E-state index >= 15 is 0 Å². The van der Waals surface area contributed by atoms with Crippen molar-refractivity contribution in [3.8, 4) is 0 Å². The van der Waals surface area contributed by atoms with Crippen LogP contribution in [0, 0.1) is 5.41 Å². The lowest BCUT2D eigenvalue weighted by atomic mass is 10.2. The quantitative estimate of drug-likeness (QED) is 0.505. The van der Waals surface area contributed by atoms with Crippen LogP contribution in [0.1, 0.15) is 25.8 Å². The van der Waals surface area contributed by atoms with Gasteiger partial charge in [0.25, 0.3) is 0 Å². The Bertz CT molecular complexity index is 366. The third-order valence-corrected chi connectivity index (χ3v) is 4.14. The van der Waals surface area contributed by atoms with Gasteiger partial charge < -0.3 is 5.73 Å².